The SMILES string of the molecule is Cc1cc(C)n(C)c(=O)c1C(=O)N1CCCC1Cc1c(C(N)=O)sc2ccccc12. The number of aromatic nitrogens is 1. The number of nitrogens with two attached hydrogens (primary N) is 1. The first-order valence-corrected chi connectivity index (χ1v) is 10.9. The molecule has 0 aliphatic carbocycles. The van der Waals surface area contributed by atoms with Crippen molar-refractivity contribution in [2.45, 2.75) is 39.2 Å². The fraction of sp³-hybridized carbons (Fsp3) is 0.348. The molecule has 1 saturated heterocycles. The van der Waals surface area contributed by atoms with Crippen LogP contribution in [0, 0.1) is 13.8 Å². The van der Waals surface area contributed by atoms with Crippen molar-refractivity contribution in [1.29, 1.82) is 0 Å². The Hall–Kier alpha value is -2.93. The fourth-order valence-corrected chi connectivity index (χ4v) is 5.52. The second kappa shape index (κ2) is 7.72. The number of carbonyl (C=O) groups is 2. The van der Waals surface area contributed by atoms with Crippen LogP contribution >= 0.6 is 11.3 Å². The number of hydrogen-bond donors (Lipinski definition) is 1. The summed E-state index contributed by atoms with van der Waals surface area (Å²) in [7, 11) is 1.69. The van der Waals surface area contributed by atoms with Gasteiger partial charge in [0.15, 0.2) is 0 Å². The maximum atomic E-state index is 13.4. The van der Waals surface area contributed by atoms with Gasteiger partial charge in [0, 0.05) is 30.0 Å². The molecule has 1 aliphatic rings. The summed E-state index contributed by atoms with van der Waals surface area (Å²) in [5, 5.41) is 1.01. The number of thiophene rings is 1. The minimum Gasteiger partial charge on any atom is -0.365 e. The van der Waals surface area contributed by atoms with Crippen LogP contribution in [0.3, 0.4) is 0 Å². The molecule has 1 aliphatic heterocycles. The Balaban J connectivity index is 1.71. The monoisotopic (exact) mass is 423 g/mol. The van der Waals surface area contributed by atoms with Gasteiger partial charge in [0.1, 0.15) is 5.56 Å². The lowest BCUT2D eigenvalue weighted by molar-refractivity contribution is 0.0733. The predicted octanol–water partition coefficient (Wildman–Crippen LogP) is 3.16. The summed E-state index contributed by atoms with van der Waals surface area (Å²) < 4.78 is 2.53. The maximum absolute atomic E-state index is 13.4. The number of fused-ring (bicyclic) bond motifs is 1. The van der Waals surface area contributed by atoms with Gasteiger partial charge in [-0.05, 0) is 61.8 Å². The summed E-state index contributed by atoms with van der Waals surface area (Å²) in [5.74, 6) is -0.666. The van der Waals surface area contributed by atoms with Crippen molar-refractivity contribution in [2.75, 3.05) is 6.54 Å². The number of carbonyl (C=O) groups excluding carboxylic acids is 2. The summed E-state index contributed by atoms with van der Waals surface area (Å²) in [6.07, 6.45) is 2.26. The van der Waals surface area contributed by atoms with Gasteiger partial charge in [-0.2, -0.15) is 0 Å². The molecule has 1 atom stereocenters. The number of amides is 2. The molecule has 6 nitrogen and oxygen atoms in total. The summed E-state index contributed by atoms with van der Waals surface area (Å²) in [6, 6.07) is 9.66. The van der Waals surface area contributed by atoms with Crippen molar-refractivity contribution in [3.63, 3.8) is 0 Å². The van der Waals surface area contributed by atoms with Crippen LogP contribution in [0.25, 0.3) is 10.1 Å². The molecule has 30 heavy (non-hydrogen) atoms. The van der Waals surface area contributed by atoms with Gasteiger partial charge in [0.05, 0.1) is 4.88 Å². The van der Waals surface area contributed by atoms with Gasteiger partial charge < -0.3 is 15.2 Å². The van der Waals surface area contributed by atoms with Crippen LogP contribution in [0.5, 0.6) is 0 Å². The molecule has 1 aromatic carbocycles. The molecule has 7 heteroatoms. The number of rotatable bonds is 4. The van der Waals surface area contributed by atoms with Crippen molar-refractivity contribution >= 4 is 33.2 Å². The fourth-order valence-electron chi connectivity index (χ4n) is 4.43. The van der Waals surface area contributed by atoms with Crippen LogP contribution in [-0.4, -0.2) is 33.9 Å². The van der Waals surface area contributed by atoms with E-state index in [-0.39, 0.29) is 23.1 Å². The molecule has 2 aromatic heterocycles. The number of primary amides is 1. The Morgan fingerprint density at radius 3 is 2.70 bits per heavy atom. The zero-order valence-corrected chi connectivity index (χ0v) is 18.2. The van der Waals surface area contributed by atoms with Crippen molar-refractivity contribution in [1.82, 2.24) is 9.47 Å². The zero-order valence-electron chi connectivity index (χ0n) is 17.4. The summed E-state index contributed by atoms with van der Waals surface area (Å²) in [6.45, 7) is 4.27. The number of nitrogens with zero attached hydrogens (tertiary/aromatic N) is 2. The Labute approximate surface area is 178 Å². The molecular weight excluding hydrogens is 398 g/mol. The van der Waals surface area contributed by atoms with Crippen LogP contribution in [0.15, 0.2) is 35.1 Å². The van der Waals surface area contributed by atoms with E-state index in [2.05, 4.69) is 0 Å². The van der Waals surface area contributed by atoms with Crippen molar-refractivity contribution < 1.29 is 9.59 Å². The average molecular weight is 424 g/mol. The first-order valence-electron chi connectivity index (χ1n) is 10.1. The minimum atomic E-state index is -0.440. The molecule has 3 aromatic rings. The lowest BCUT2D eigenvalue weighted by Crippen LogP contribution is -2.41. The Kier molecular flexibility index (Phi) is 5.24. The number of hydrogen-bond acceptors (Lipinski definition) is 4. The van der Waals surface area contributed by atoms with E-state index in [1.165, 1.54) is 15.9 Å². The van der Waals surface area contributed by atoms with Gasteiger partial charge in [-0.1, -0.05) is 18.2 Å². The maximum Gasteiger partial charge on any atom is 0.263 e. The van der Waals surface area contributed by atoms with Crippen LogP contribution in [-0.2, 0) is 13.5 Å². The standard InChI is InChI=1S/C23H25N3O3S/c1-13-11-14(2)25(3)22(28)19(13)23(29)26-10-6-7-15(26)12-17-16-8-4-5-9-18(16)30-20(17)21(24)27/h4-5,8-9,11,15H,6-7,10,12H2,1-3H3,(H2,24,27). The third kappa shape index (κ3) is 3.33. The molecular formula is C23H25N3O3S. The molecule has 0 spiro atoms. The molecule has 0 radical (unpaired) electrons. The molecule has 2 amide bonds. The smallest absolute Gasteiger partial charge is 0.263 e. The highest BCUT2D eigenvalue weighted by Crippen LogP contribution is 2.34. The number of aryl methyl sites for hydroxylation is 2. The van der Waals surface area contributed by atoms with Crippen molar-refractivity contribution in [2.24, 2.45) is 12.8 Å². The highest BCUT2D eigenvalue weighted by Gasteiger charge is 2.33. The summed E-state index contributed by atoms with van der Waals surface area (Å²) >= 11 is 1.40. The Bertz CT molecular complexity index is 1220. The van der Waals surface area contributed by atoms with Crippen molar-refractivity contribution in [3.8, 4) is 0 Å². The van der Waals surface area contributed by atoms with Crippen LogP contribution in [0.2, 0.25) is 0 Å². The van der Waals surface area contributed by atoms with Crippen LogP contribution < -0.4 is 11.3 Å². The Morgan fingerprint density at radius 2 is 1.97 bits per heavy atom. The van der Waals surface area contributed by atoms with Gasteiger partial charge in [0.25, 0.3) is 17.4 Å². The van der Waals surface area contributed by atoms with E-state index in [0.29, 0.717) is 23.4 Å². The van der Waals surface area contributed by atoms with Gasteiger partial charge in [-0.15, -0.1) is 11.3 Å². The van der Waals surface area contributed by atoms with E-state index in [4.69, 9.17) is 5.73 Å². The molecule has 0 saturated carbocycles. The van der Waals surface area contributed by atoms with E-state index in [1.807, 2.05) is 44.2 Å². The average Bonchev–Trinajstić information content (AvgIpc) is 3.31. The third-order valence-corrected chi connectivity index (χ3v) is 7.31. The molecule has 4 rings (SSSR count). The van der Waals surface area contributed by atoms with E-state index >= 15 is 0 Å². The number of benzene rings is 1. The lowest BCUT2D eigenvalue weighted by Gasteiger charge is -2.26. The summed E-state index contributed by atoms with van der Waals surface area (Å²) in [5.41, 5.74) is 8.06. The van der Waals surface area contributed by atoms with Gasteiger partial charge in [-0.25, -0.2) is 0 Å². The van der Waals surface area contributed by atoms with Crippen molar-refractivity contribution in [3.05, 3.63) is 67.9 Å². The quantitative estimate of drug-likeness (QED) is 0.699. The van der Waals surface area contributed by atoms with Gasteiger partial charge in [-0.3, -0.25) is 14.4 Å². The zero-order chi connectivity index (χ0) is 21.6. The molecule has 1 fully saturated rings. The topological polar surface area (TPSA) is 85.4 Å². The predicted molar refractivity (Wildman–Crippen MR) is 119 cm³/mol. The van der Waals surface area contributed by atoms with E-state index in [1.54, 1.807) is 11.9 Å². The van der Waals surface area contributed by atoms with E-state index in [0.717, 1.165) is 34.2 Å². The number of pyridine rings is 1. The second-order valence-electron chi connectivity index (χ2n) is 7.98. The molecule has 0 bridgehead atoms. The van der Waals surface area contributed by atoms with Crippen LogP contribution in [0.1, 0.15) is 49.7 Å². The van der Waals surface area contributed by atoms with Gasteiger partial charge in [0.2, 0.25) is 0 Å². The largest absolute Gasteiger partial charge is 0.365 e. The highest BCUT2D eigenvalue weighted by atomic mass is 32.1. The number of likely N-dealkylation sites (tertiary alicyclic amines) is 1. The lowest BCUT2D eigenvalue weighted by atomic mass is 9.99. The normalized spacial score (nSPS) is 16.4. The second-order valence-corrected chi connectivity index (χ2v) is 9.03. The molecule has 3 heterocycles. The third-order valence-electron chi connectivity index (χ3n) is 6.08. The molecule has 1 unspecified atom stereocenters. The van der Waals surface area contributed by atoms with E-state index < -0.39 is 5.91 Å². The van der Waals surface area contributed by atoms with Gasteiger partial charge >= 0.3 is 0 Å². The summed E-state index contributed by atoms with van der Waals surface area (Å²) in [4.78, 5) is 40.6. The molecule has 2 N–H and O–H groups in total. The van der Waals surface area contributed by atoms with E-state index in [9.17, 15) is 14.4 Å². The molecule has 156 valence electrons. The first-order chi connectivity index (χ1) is 14.3. The van der Waals surface area contributed by atoms with Crippen LogP contribution in [0.4, 0.5) is 0 Å². The Morgan fingerprint density at radius 1 is 1.23 bits per heavy atom. The first kappa shape index (κ1) is 20.3. The minimum absolute atomic E-state index is 0.0704. The highest BCUT2D eigenvalue weighted by molar-refractivity contribution is 7.21.